The highest BCUT2D eigenvalue weighted by Gasteiger charge is 2.35. The van der Waals surface area contributed by atoms with Gasteiger partial charge in [0.25, 0.3) is 5.91 Å². The molecule has 0 spiro atoms. The molecule has 1 aromatic carbocycles. The van der Waals surface area contributed by atoms with Crippen molar-refractivity contribution in [2.24, 2.45) is 0 Å². The lowest BCUT2D eigenvalue weighted by Gasteiger charge is -2.09. The fraction of sp³-hybridized carbons (Fsp3) is 0.0588. The molecule has 0 atom stereocenters. The van der Waals surface area contributed by atoms with Crippen LogP contribution in [-0.2, 0) is 4.79 Å². The third-order valence-electron chi connectivity index (χ3n) is 3.71. The Morgan fingerprint density at radius 1 is 1.31 bits per heavy atom. The van der Waals surface area contributed by atoms with Crippen LogP contribution in [0, 0.1) is 18.2 Å². The van der Waals surface area contributed by atoms with E-state index in [-0.39, 0.29) is 16.9 Å². The van der Waals surface area contributed by atoms with Gasteiger partial charge in [0.2, 0.25) is 0 Å². The van der Waals surface area contributed by atoms with Crippen molar-refractivity contribution in [2.75, 3.05) is 4.90 Å². The molecule has 1 fully saturated rings. The number of thiazole rings is 1. The van der Waals surface area contributed by atoms with Crippen LogP contribution in [0.25, 0.3) is 17.3 Å². The van der Waals surface area contributed by atoms with Crippen molar-refractivity contribution in [1.82, 2.24) is 15.2 Å². The number of amides is 1. The average molecular weight is 385 g/mol. The zero-order valence-electron chi connectivity index (χ0n) is 13.5. The SMILES string of the molecule is Cc1csc(N2C(=N)S/C(=C\c3cn[nH]c3-c3ccc(F)cc3)C2=O)n1. The summed E-state index contributed by atoms with van der Waals surface area (Å²) in [5.74, 6) is -0.613. The lowest BCUT2D eigenvalue weighted by molar-refractivity contribution is -0.113. The van der Waals surface area contributed by atoms with Gasteiger partial charge < -0.3 is 0 Å². The van der Waals surface area contributed by atoms with Crippen LogP contribution < -0.4 is 4.90 Å². The number of benzene rings is 1. The molecular weight excluding hydrogens is 373 g/mol. The molecule has 26 heavy (non-hydrogen) atoms. The maximum Gasteiger partial charge on any atom is 0.273 e. The molecule has 0 saturated carbocycles. The summed E-state index contributed by atoms with van der Waals surface area (Å²) >= 11 is 2.40. The van der Waals surface area contributed by atoms with Crippen molar-refractivity contribution in [3.8, 4) is 11.3 Å². The molecule has 130 valence electrons. The van der Waals surface area contributed by atoms with E-state index in [0.29, 0.717) is 21.3 Å². The van der Waals surface area contributed by atoms with E-state index in [2.05, 4.69) is 15.2 Å². The topological polar surface area (TPSA) is 85.7 Å². The van der Waals surface area contributed by atoms with Crippen LogP contribution in [0.1, 0.15) is 11.3 Å². The van der Waals surface area contributed by atoms with E-state index in [1.54, 1.807) is 24.4 Å². The Bertz CT molecular complexity index is 1040. The first-order valence-corrected chi connectivity index (χ1v) is 9.26. The molecule has 4 rings (SSSR count). The number of halogens is 1. The number of hydrogen-bond donors (Lipinski definition) is 2. The third kappa shape index (κ3) is 2.95. The third-order valence-corrected chi connectivity index (χ3v) is 5.54. The number of aromatic amines is 1. The van der Waals surface area contributed by atoms with E-state index in [9.17, 15) is 9.18 Å². The van der Waals surface area contributed by atoms with Gasteiger partial charge in [-0.3, -0.25) is 15.3 Å². The number of H-pyrrole nitrogens is 1. The number of carbonyl (C=O) groups is 1. The molecule has 0 unspecified atom stereocenters. The van der Waals surface area contributed by atoms with Gasteiger partial charge in [0.15, 0.2) is 10.3 Å². The highest BCUT2D eigenvalue weighted by molar-refractivity contribution is 8.19. The second-order valence-electron chi connectivity index (χ2n) is 5.54. The number of nitrogens with zero attached hydrogens (tertiary/aromatic N) is 3. The monoisotopic (exact) mass is 385 g/mol. The summed E-state index contributed by atoms with van der Waals surface area (Å²) < 4.78 is 13.1. The van der Waals surface area contributed by atoms with Crippen LogP contribution in [0.5, 0.6) is 0 Å². The molecule has 1 saturated heterocycles. The Kier molecular flexibility index (Phi) is 4.17. The number of thioether (sulfide) groups is 1. The van der Waals surface area contributed by atoms with Crippen molar-refractivity contribution < 1.29 is 9.18 Å². The second kappa shape index (κ2) is 6.50. The van der Waals surface area contributed by atoms with E-state index >= 15 is 0 Å². The van der Waals surface area contributed by atoms with Crippen LogP contribution in [0.2, 0.25) is 0 Å². The summed E-state index contributed by atoms with van der Waals surface area (Å²) in [7, 11) is 0. The van der Waals surface area contributed by atoms with Gasteiger partial charge in [-0.05, 0) is 49.0 Å². The van der Waals surface area contributed by atoms with Crippen molar-refractivity contribution >= 4 is 45.4 Å². The molecule has 9 heteroatoms. The number of anilines is 1. The maximum absolute atomic E-state index is 13.1. The Morgan fingerprint density at radius 3 is 2.77 bits per heavy atom. The minimum absolute atomic E-state index is 0.113. The lowest BCUT2D eigenvalue weighted by atomic mass is 10.1. The highest BCUT2D eigenvalue weighted by Crippen LogP contribution is 2.37. The molecule has 6 nitrogen and oxygen atoms in total. The van der Waals surface area contributed by atoms with E-state index < -0.39 is 0 Å². The number of hydrogen-bond acceptors (Lipinski definition) is 6. The minimum Gasteiger partial charge on any atom is -0.278 e. The summed E-state index contributed by atoms with van der Waals surface area (Å²) in [5.41, 5.74) is 2.94. The first-order valence-electron chi connectivity index (χ1n) is 7.57. The molecule has 2 N–H and O–H groups in total. The number of aromatic nitrogens is 3. The Balaban J connectivity index is 1.68. The Labute approximate surface area is 156 Å². The average Bonchev–Trinajstić information content (AvgIpc) is 3.30. The zero-order valence-corrected chi connectivity index (χ0v) is 15.1. The van der Waals surface area contributed by atoms with E-state index in [1.165, 1.54) is 28.4 Å². The number of aryl methyl sites for hydroxylation is 1. The number of carbonyl (C=O) groups excluding carboxylic acids is 1. The quantitative estimate of drug-likeness (QED) is 0.667. The first kappa shape index (κ1) is 16.7. The highest BCUT2D eigenvalue weighted by atomic mass is 32.2. The number of rotatable bonds is 3. The predicted molar refractivity (Wildman–Crippen MR) is 102 cm³/mol. The molecule has 3 aromatic rings. The maximum atomic E-state index is 13.1. The Hall–Kier alpha value is -2.78. The summed E-state index contributed by atoms with van der Waals surface area (Å²) in [5, 5.41) is 17.4. The Morgan fingerprint density at radius 2 is 2.08 bits per heavy atom. The molecule has 3 heterocycles. The summed E-state index contributed by atoms with van der Waals surface area (Å²) in [6.07, 6.45) is 3.28. The predicted octanol–water partition coefficient (Wildman–Crippen LogP) is 4.04. The van der Waals surface area contributed by atoms with E-state index in [1.807, 2.05) is 12.3 Å². The fourth-order valence-corrected chi connectivity index (χ4v) is 4.20. The van der Waals surface area contributed by atoms with Crippen LogP contribution in [-0.4, -0.2) is 26.3 Å². The van der Waals surface area contributed by atoms with Crippen molar-refractivity contribution in [3.63, 3.8) is 0 Å². The molecule has 0 radical (unpaired) electrons. The lowest BCUT2D eigenvalue weighted by Crippen LogP contribution is -2.27. The summed E-state index contributed by atoms with van der Waals surface area (Å²) in [6, 6.07) is 6.01. The van der Waals surface area contributed by atoms with Crippen LogP contribution in [0.15, 0.2) is 40.7 Å². The van der Waals surface area contributed by atoms with Gasteiger partial charge in [0.05, 0.1) is 22.5 Å². The molecule has 1 aliphatic rings. The first-order chi connectivity index (χ1) is 12.5. The molecule has 0 bridgehead atoms. The number of amidine groups is 1. The van der Waals surface area contributed by atoms with Gasteiger partial charge in [0.1, 0.15) is 5.82 Å². The second-order valence-corrected chi connectivity index (χ2v) is 7.40. The normalized spacial score (nSPS) is 16.1. The summed E-state index contributed by atoms with van der Waals surface area (Å²) in [6.45, 7) is 1.84. The molecule has 0 aliphatic carbocycles. The van der Waals surface area contributed by atoms with Crippen LogP contribution in [0.3, 0.4) is 0 Å². The van der Waals surface area contributed by atoms with Gasteiger partial charge in [0, 0.05) is 16.5 Å². The molecular formula is C17H12FN5OS2. The molecule has 2 aromatic heterocycles. The summed E-state index contributed by atoms with van der Waals surface area (Å²) in [4.78, 5) is 18.7. The van der Waals surface area contributed by atoms with Gasteiger partial charge in [-0.1, -0.05) is 0 Å². The molecule has 1 amide bonds. The van der Waals surface area contributed by atoms with E-state index in [0.717, 1.165) is 23.0 Å². The van der Waals surface area contributed by atoms with E-state index in [4.69, 9.17) is 5.41 Å². The van der Waals surface area contributed by atoms with Crippen LogP contribution >= 0.6 is 23.1 Å². The number of nitrogens with one attached hydrogen (secondary N) is 2. The van der Waals surface area contributed by atoms with Gasteiger partial charge in [-0.2, -0.15) is 5.10 Å². The largest absolute Gasteiger partial charge is 0.278 e. The zero-order chi connectivity index (χ0) is 18.3. The van der Waals surface area contributed by atoms with Gasteiger partial charge in [-0.15, -0.1) is 11.3 Å². The van der Waals surface area contributed by atoms with Gasteiger partial charge in [-0.25, -0.2) is 14.3 Å². The minimum atomic E-state index is -0.322. The van der Waals surface area contributed by atoms with Crippen molar-refractivity contribution in [3.05, 3.63) is 57.8 Å². The van der Waals surface area contributed by atoms with Gasteiger partial charge >= 0.3 is 0 Å². The van der Waals surface area contributed by atoms with Crippen molar-refractivity contribution in [1.29, 1.82) is 5.41 Å². The van der Waals surface area contributed by atoms with Crippen molar-refractivity contribution in [2.45, 2.75) is 6.92 Å². The van der Waals surface area contributed by atoms with Crippen LogP contribution in [0.4, 0.5) is 9.52 Å². The molecule has 1 aliphatic heterocycles. The smallest absolute Gasteiger partial charge is 0.273 e. The standard InChI is InChI=1S/C17H12FN5OS2/c1-9-8-25-17(21-9)23-15(24)13(26-16(23)19)6-11-7-20-22-14(11)10-2-4-12(18)5-3-10/h2-8,19H,1H3,(H,20,22)/b13-6-,19-16?. The fourth-order valence-electron chi connectivity index (χ4n) is 2.50.